The van der Waals surface area contributed by atoms with Gasteiger partial charge in [0.05, 0.1) is 0 Å². The van der Waals surface area contributed by atoms with E-state index in [4.69, 9.17) is 23.2 Å². The van der Waals surface area contributed by atoms with E-state index in [9.17, 15) is 4.21 Å². The highest BCUT2D eigenvalue weighted by Crippen LogP contribution is 2.29. The molecule has 1 saturated heterocycles. The molecule has 0 saturated carbocycles. The van der Waals surface area contributed by atoms with Gasteiger partial charge in [-0.2, -0.15) is 0 Å². The summed E-state index contributed by atoms with van der Waals surface area (Å²) in [6, 6.07) is 5.76. The van der Waals surface area contributed by atoms with Gasteiger partial charge < -0.3 is 5.32 Å². The van der Waals surface area contributed by atoms with Crippen molar-refractivity contribution in [3.05, 3.63) is 33.8 Å². The fourth-order valence-electron chi connectivity index (χ4n) is 2.06. The molecule has 17 heavy (non-hydrogen) atoms. The fraction of sp³-hybridized carbons (Fsp3) is 0.500. The van der Waals surface area contributed by atoms with Gasteiger partial charge in [-0.15, -0.1) is 0 Å². The maximum atomic E-state index is 11.8. The van der Waals surface area contributed by atoms with Crippen LogP contribution in [0, 0.1) is 0 Å². The molecule has 1 aromatic carbocycles. The Hall–Kier alpha value is -0.0900. The Morgan fingerprint density at radius 3 is 2.88 bits per heavy atom. The van der Waals surface area contributed by atoms with Crippen LogP contribution >= 0.6 is 23.2 Å². The summed E-state index contributed by atoms with van der Waals surface area (Å²) in [5, 5.41) is 4.83. The third-order valence-corrected chi connectivity index (χ3v) is 5.06. The maximum Gasteiger partial charge on any atom is 0.0455 e. The van der Waals surface area contributed by atoms with Gasteiger partial charge in [0.25, 0.3) is 0 Å². The fourth-order valence-corrected chi connectivity index (χ4v) is 4.05. The first-order valence-corrected chi connectivity index (χ1v) is 7.90. The summed E-state index contributed by atoms with van der Waals surface area (Å²) in [4.78, 5) is 0. The van der Waals surface area contributed by atoms with Crippen LogP contribution in [0.15, 0.2) is 18.2 Å². The molecule has 5 heteroatoms. The van der Waals surface area contributed by atoms with Crippen LogP contribution in [0.25, 0.3) is 0 Å². The minimum atomic E-state index is -0.780. The molecule has 1 N–H and O–H groups in total. The van der Waals surface area contributed by atoms with E-state index in [2.05, 4.69) is 12.2 Å². The summed E-state index contributed by atoms with van der Waals surface area (Å²) in [5.41, 5.74) is 0.950. The van der Waals surface area contributed by atoms with Crippen molar-refractivity contribution in [1.82, 2.24) is 5.32 Å². The molecule has 1 fully saturated rings. The Kier molecular flexibility index (Phi) is 4.47. The van der Waals surface area contributed by atoms with Gasteiger partial charge in [-0.05, 0) is 30.2 Å². The zero-order chi connectivity index (χ0) is 12.4. The minimum absolute atomic E-state index is 0.0423. The Labute approximate surface area is 114 Å². The number of rotatable bonds is 2. The second-order valence-electron chi connectivity index (χ2n) is 4.26. The van der Waals surface area contributed by atoms with E-state index in [0.717, 1.165) is 17.7 Å². The third-order valence-electron chi connectivity index (χ3n) is 3.00. The minimum Gasteiger partial charge on any atom is -0.305 e. The molecule has 1 aliphatic heterocycles. The van der Waals surface area contributed by atoms with Crippen molar-refractivity contribution in [1.29, 1.82) is 0 Å². The van der Waals surface area contributed by atoms with E-state index in [1.165, 1.54) is 0 Å². The first-order chi connectivity index (χ1) is 8.10. The summed E-state index contributed by atoms with van der Waals surface area (Å²) in [6.45, 7) is 2.09. The second-order valence-corrected chi connectivity index (χ2v) is 6.65. The summed E-state index contributed by atoms with van der Waals surface area (Å²) in [5.74, 6) is 1.34. The molecule has 1 aliphatic rings. The molecule has 0 spiro atoms. The lowest BCUT2D eigenvalue weighted by atomic mass is 10.1. The van der Waals surface area contributed by atoms with Crippen LogP contribution in [-0.4, -0.2) is 21.8 Å². The zero-order valence-corrected chi connectivity index (χ0v) is 11.9. The van der Waals surface area contributed by atoms with E-state index < -0.39 is 10.8 Å². The highest BCUT2D eigenvalue weighted by molar-refractivity contribution is 7.85. The standard InChI is InChI=1S/C12H15Cl2NOS/c1-2-9-6-17(16)7-12(15-9)10-5-8(13)3-4-11(10)14/h3-5,9,12,15H,2,6-7H2,1H3. The monoisotopic (exact) mass is 291 g/mol. The van der Waals surface area contributed by atoms with Crippen molar-refractivity contribution in [3.63, 3.8) is 0 Å². The summed E-state index contributed by atoms with van der Waals surface area (Å²) in [7, 11) is -0.780. The molecule has 2 rings (SSSR count). The molecule has 1 aromatic rings. The highest BCUT2D eigenvalue weighted by atomic mass is 35.5. The van der Waals surface area contributed by atoms with Crippen LogP contribution in [0.1, 0.15) is 24.9 Å². The maximum absolute atomic E-state index is 11.8. The van der Waals surface area contributed by atoms with Crippen LogP contribution in [0.3, 0.4) is 0 Å². The Bertz CT molecular complexity index is 439. The summed E-state index contributed by atoms with van der Waals surface area (Å²) >= 11 is 12.2. The zero-order valence-electron chi connectivity index (χ0n) is 9.58. The Balaban J connectivity index is 2.26. The number of nitrogens with one attached hydrogen (secondary N) is 1. The molecular formula is C12H15Cl2NOS. The SMILES string of the molecule is CCC1CS(=O)CC(c2cc(Cl)ccc2Cl)N1. The van der Waals surface area contributed by atoms with Gasteiger partial charge >= 0.3 is 0 Å². The highest BCUT2D eigenvalue weighted by Gasteiger charge is 2.27. The van der Waals surface area contributed by atoms with E-state index >= 15 is 0 Å². The number of hydrogen-bond acceptors (Lipinski definition) is 2. The molecule has 94 valence electrons. The lowest BCUT2D eigenvalue weighted by Crippen LogP contribution is -2.44. The first-order valence-electron chi connectivity index (χ1n) is 5.66. The molecule has 3 unspecified atom stereocenters. The topological polar surface area (TPSA) is 29.1 Å². The van der Waals surface area contributed by atoms with E-state index in [0.29, 0.717) is 21.8 Å². The van der Waals surface area contributed by atoms with Gasteiger partial charge in [0, 0.05) is 44.4 Å². The van der Waals surface area contributed by atoms with Crippen molar-refractivity contribution < 1.29 is 4.21 Å². The average molecular weight is 292 g/mol. The van der Waals surface area contributed by atoms with Crippen molar-refractivity contribution in [3.8, 4) is 0 Å². The number of benzene rings is 1. The Morgan fingerprint density at radius 1 is 1.41 bits per heavy atom. The number of hydrogen-bond donors (Lipinski definition) is 1. The van der Waals surface area contributed by atoms with E-state index in [1.54, 1.807) is 12.1 Å². The quantitative estimate of drug-likeness (QED) is 0.907. The largest absolute Gasteiger partial charge is 0.305 e. The van der Waals surface area contributed by atoms with Crippen LogP contribution in [0.4, 0.5) is 0 Å². The van der Waals surface area contributed by atoms with E-state index in [1.807, 2.05) is 6.07 Å². The third kappa shape index (κ3) is 3.22. The molecule has 0 radical (unpaired) electrons. The Morgan fingerprint density at radius 2 is 2.18 bits per heavy atom. The number of halogens is 2. The van der Waals surface area contributed by atoms with Gasteiger partial charge in [0.1, 0.15) is 0 Å². The molecule has 0 aromatic heterocycles. The summed E-state index contributed by atoms with van der Waals surface area (Å²) in [6.07, 6.45) is 0.973. The predicted octanol–water partition coefficient (Wildman–Crippen LogP) is 3.17. The van der Waals surface area contributed by atoms with Gasteiger partial charge in [0.2, 0.25) is 0 Å². The molecule has 0 amide bonds. The van der Waals surface area contributed by atoms with Gasteiger partial charge in [-0.3, -0.25) is 4.21 Å². The van der Waals surface area contributed by atoms with Gasteiger partial charge in [-0.1, -0.05) is 30.1 Å². The lowest BCUT2D eigenvalue weighted by molar-refractivity contribution is 0.456. The molecule has 0 bridgehead atoms. The smallest absolute Gasteiger partial charge is 0.0455 e. The molecular weight excluding hydrogens is 277 g/mol. The molecule has 3 atom stereocenters. The van der Waals surface area contributed by atoms with Crippen molar-refractivity contribution in [2.75, 3.05) is 11.5 Å². The first kappa shape index (κ1) is 13.3. The average Bonchev–Trinajstić information content (AvgIpc) is 2.31. The van der Waals surface area contributed by atoms with Crippen LogP contribution in [0.5, 0.6) is 0 Å². The van der Waals surface area contributed by atoms with Crippen LogP contribution in [-0.2, 0) is 10.8 Å². The van der Waals surface area contributed by atoms with Crippen LogP contribution in [0.2, 0.25) is 10.0 Å². The molecule has 1 heterocycles. The molecule has 2 nitrogen and oxygen atoms in total. The predicted molar refractivity (Wildman–Crippen MR) is 74.3 cm³/mol. The summed E-state index contributed by atoms with van der Waals surface area (Å²) < 4.78 is 11.8. The second kappa shape index (κ2) is 5.70. The van der Waals surface area contributed by atoms with Gasteiger partial charge in [-0.25, -0.2) is 0 Å². The normalized spacial score (nSPS) is 29.2. The van der Waals surface area contributed by atoms with E-state index in [-0.39, 0.29) is 6.04 Å². The lowest BCUT2D eigenvalue weighted by Gasteiger charge is -2.30. The van der Waals surface area contributed by atoms with Crippen molar-refractivity contribution in [2.24, 2.45) is 0 Å². The van der Waals surface area contributed by atoms with Gasteiger partial charge in [0.15, 0.2) is 0 Å². The molecule has 0 aliphatic carbocycles. The van der Waals surface area contributed by atoms with Crippen molar-refractivity contribution in [2.45, 2.75) is 25.4 Å². The van der Waals surface area contributed by atoms with Crippen LogP contribution < -0.4 is 5.32 Å². The van der Waals surface area contributed by atoms with Crippen molar-refractivity contribution >= 4 is 34.0 Å².